The fraction of sp³-hybridized carbons (Fsp3) is 0.364. The molecule has 3 aromatic rings. The third kappa shape index (κ3) is 4.93. The maximum absolute atomic E-state index is 12.5. The molecule has 0 atom stereocenters. The van der Waals surface area contributed by atoms with Gasteiger partial charge in [0, 0.05) is 26.2 Å². The van der Waals surface area contributed by atoms with E-state index in [1.807, 2.05) is 55.5 Å². The molecule has 1 N–H and O–H groups in total. The molecule has 1 aliphatic rings. The zero-order valence-electron chi connectivity index (χ0n) is 16.6. The van der Waals surface area contributed by atoms with Crippen molar-refractivity contribution in [3.05, 3.63) is 54.1 Å². The number of amides is 1. The van der Waals surface area contributed by atoms with E-state index in [0.29, 0.717) is 11.7 Å². The van der Waals surface area contributed by atoms with E-state index < -0.39 is 0 Å². The van der Waals surface area contributed by atoms with Crippen LogP contribution in [0.25, 0.3) is 11.0 Å². The molecule has 0 saturated carbocycles. The van der Waals surface area contributed by atoms with Crippen LogP contribution in [0.5, 0.6) is 5.75 Å². The molecule has 29 heavy (non-hydrogen) atoms. The van der Waals surface area contributed by atoms with Gasteiger partial charge in [-0.1, -0.05) is 29.8 Å². The Morgan fingerprint density at radius 3 is 2.66 bits per heavy atom. The number of carbonyl (C=O) groups is 1. The zero-order chi connectivity index (χ0) is 20.1. The number of rotatable bonds is 7. The van der Waals surface area contributed by atoms with Gasteiger partial charge >= 0.3 is 0 Å². The highest BCUT2D eigenvalue weighted by atomic mass is 16.5. The van der Waals surface area contributed by atoms with Crippen LogP contribution in [0.15, 0.2) is 48.5 Å². The monoisotopic (exact) mass is 394 g/mol. The number of imidazole rings is 1. The lowest BCUT2D eigenvalue weighted by Gasteiger charge is -2.26. The number of ether oxygens (including phenoxy) is 2. The Labute approximate surface area is 170 Å². The molecule has 4 rings (SSSR count). The van der Waals surface area contributed by atoms with E-state index in [1.54, 1.807) is 0 Å². The Balaban J connectivity index is 1.43. The molecule has 7 nitrogen and oxygen atoms in total. The smallest absolute Gasteiger partial charge is 0.264 e. The average molecular weight is 394 g/mol. The van der Waals surface area contributed by atoms with Gasteiger partial charge < -0.3 is 14.0 Å². The number of fused-ring (bicyclic) bond motifs is 1. The standard InChI is InChI=1S/C22H26N4O3/c1-17-6-8-18(9-7-17)29-16-21(27)24-22-23-19-4-2-3-5-20(19)26(22)11-10-25-12-14-28-15-13-25/h2-9H,10-16H2,1H3,(H,23,24,27). The maximum Gasteiger partial charge on any atom is 0.264 e. The molecular weight excluding hydrogens is 368 g/mol. The number of nitrogens with one attached hydrogen (secondary N) is 1. The van der Waals surface area contributed by atoms with E-state index >= 15 is 0 Å². The molecule has 1 fully saturated rings. The van der Waals surface area contributed by atoms with E-state index in [9.17, 15) is 4.79 Å². The van der Waals surface area contributed by atoms with Crippen molar-refractivity contribution in [2.75, 3.05) is 44.8 Å². The number of hydrogen-bond acceptors (Lipinski definition) is 5. The van der Waals surface area contributed by atoms with Crippen molar-refractivity contribution in [3.8, 4) is 5.75 Å². The summed E-state index contributed by atoms with van der Waals surface area (Å²) in [7, 11) is 0. The van der Waals surface area contributed by atoms with E-state index in [2.05, 4.69) is 19.8 Å². The summed E-state index contributed by atoms with van der Waals surface area (Å²) in [4.78, 5) is 19.5. The highest BCUT2D eigenvalue weighted by Gasteiger charge is 2.16. The van der Waals surface area contributed by atoms with Crippen LogP contribution in [0.3, 0.4) is 0 Å². The van der Waals surface area contributed by atoms with Crippen molar-refractivity contribution < 1.29 is 14.3 Å². The maximum atomic E-state index is 12.5. The van der Waals surface area contributed by atoms with Gasteiger partial charge in [-0.05, 0) is 31.2 Å². The Kier molecular flexibility index (Phi) is 6.07. The molecule has 0 bridgehead atoms. The molecule has 0 radical (unpaired) electrons. The van der Waals surface area contributed by atoms with Gasteiger partial charge in [-0.15, -0.1) is 0 Å². The number of aryl methyl sites for hydroxylation is 1. The molecule has 1 aromatic heterocycles. The van der Waals surface area contributed by atoms with Crippen molar-refractivity contribution in [1.82, 2.24) is 14.5 Å². The zero-order valence-corrected chi connectivity index (χ0v) is 16.6. The first kappa shape index (κ1) is 19.4. The van der Waals surface area contributed by atoms with Gasteiger partial charge in [-0.25, -0.2) is 4.98 Å². The van der Waals surface area contributed by atoms with Crippen LogP contribution in [0.1, 0.15) is 5.56 Å². The van der Waals surface area contributed by atoms with E-state index in [0.717, 1.165) is 56.0 Å². The fourth-order valence-corrected chi connectivity index (χ4v) is 3.41. The number of benzene rings is 2. The minimum Gasteiger partial charge on any atom is -0.484 e. The lowest BCUT2D eigenvalue weighted by molar-refractivity contribution is -0.118. The molecule has 1 aliphatic heterocycles. The number of anilines is 1. The van der Waals surface area contributed by atoms with Crippen molar-refractivity contribution in [2.45, 2.75) is 13.5 Å². The lowest BCUT2D eigenvalue weighted by Crippen LogP contribution is -2.38. The molecule has 2 aromatic carbocycles. The topological polar surface area (TPSA) is 68.6 Å². The van der Waals surface area contributed by atoms with Gasteiger partial charge in [-0.3, -0.25) is 15.0 Å². The van der Waals surface area contributed by atoms with Crippen LogP contribution in [-0.4, -0.2) is 59.8 Å². The second-order valence-electron chi connectivity index (χ2n) is 7.18. The lowest BCUT2D eigenvalue weighted by atomic mass is 10.2. The van der Waals surface area contributed by atoms with Gasteiger partial charge in [0.2, 0.25) is 5.95 Å². The number of hydrogen-bond donors (Lipinski definition) is 1. The Hall–Kier alpha value is -2.90. The summed E-state index contributed by atoms with van der Waals surface area (Å²) in [5.74, 6) is 0.997. The second-order valence-corrected chi connectivity index (χ2v) is 7.18. The number of para-hydroxylation sites is 2. The van der Waals surface area contributed by atoms with E-state index in [4.69, 9.17) is 9.47 Å². The second kappa shape index (κ2) is 9.07. The van der Waals surface area contributed by atoms with Crippen LogP contribution in [-0.2, 0) is 16.1 Å². The first-order chi connectivity index (χ1) is 14.2. The summed E-state index contributed by atoms with van der Waals surface area (Å²) in [6.45, 7) is 6.97. The van der Waals surface area contributed by atoms with Crippen LogP contribution >= 0.6 is 0 Å². The van der Waals surface area contributed by atoms with Crippen molar-refractivity contribution in [3.63, 3.8) is 0 Å². The van der Waals surface area contributed by atoms with Crippen molar-refractivity contribution >= 4 is 22.9 Å². The minimum absolute atomic E-state index is 0.0598. The Morgan fingerprint density at radius 2 is 1.86 bits per heavy atom. The van der Waals surface area contributed by atoms with Gasteiger partial charge in [0.1, 0.15) is 5.75 Å². The Bertz CT molecular complexity index is 962. The molecule has 0 aliphatic carbocycles. The molecule has 7 heteroatoms. The van der Waals surface area contributed by atoms with E-state index in [1.165, 1.54) is 0 Å². The van der Waals surface area contributed by atoms with Gasteiger partial charge in [0.05, 0.1) is 24.2 Å². The van der Waals surface area contributed by atoms with Gasteiger partial charge in [0.25, 0.3) is 5.91 Å². The fourth-order valence-electron chi connectivity index (χ4n) is 3.41. The molecule has 152 valence electrons. The number of aromatic nitrogens is 2. The molecular formula is C22H26N4O3. The van der Waals surface area contributed by atoms with Crippen LogP contribution < -0.4 is 10.1 Å². The quantitative estimate of drug-likeness (QED) is 0.667. The first-order valence-electron chi connectivity index (χ1n) is 9.94. The summed E-state index contributed by atoms with van der Waals surface area (Å²) in [5.41, 5.74) is 3.02. The largest absolute Gasteiger partial charge is 0.484 e. The normalized spacial score (nSPS) is 14.8. The van der Waals surface area contributed by atoms with Crippen molar-refractivity contribution in [1.29, 1.82) is 0 Å². The summed E-state index contributed by atoms with van der Waals surface area (Å²) >= 11 is 0. The van der Waals surface area contributed by atoms with Crippen LogP contribution in [0.2, 0.25) is 0 Å². The van der Waals surface area contributed by atoms with Crippen LogP contribution in [0.4, 0.5) is 5.95 Å². The number of carbonyl (C=O) groups excluding carboxylic acids is 1. The molecule has 0 unspecified atom stereocenters. The predicted molar refractivity (Wildman–Crippen MR) is 112 cm³/mol. The highest BCUT2D eigenvalue weighted by molar-refractivity contribution is 5.92. The minimum atomic E-state index is -0.228. The average Bonchev–Trinajstić information content (AvgIpc) is 3.09. The van der Waals surface area contributed by atoms with E-state index in [-0.39, 0.29) is 12.5 Å². The number of morpholine rings is 1. The summed E-state index contributed by atoms with van der Waals surface area (Å²) < 4.78 is 13.1. The predicted octanol–water partition coefficient (Wildman–Crippen LogP) is 2.69. The summed E-state index contributed by atoms with van der Waals surface area (Å²) in [5, 5.41) is 2.91. The molecule has 1 saturated heterocycles. The van der Waals surface area contributed by atoms with Crippen LogP contribution in [0, 0.1) is 6.92 Å². The summed E-state index contributed by atoms with van der Waals surface area (Å²) in [6.07, 6.45) is 0. The van der Waals surface area contributed by atoms with Crippen molar-refractivity contribution in [2.24, 2.45) is 0 Å². The summed E-state index contributed by atoms with van der Waals surface area (Å²) in [6, 6.07) is 15.6. The molecule has 0 spiro atoms. The Morgan fingerprint density at radius 1 is 1.10 bits per heavy atom. The first-order valence-corrected chi connectivity index (χ1v) is 9.94. The molecule has 1 amide bonds. The number of nitrogens with zero attached hydrogens (tertiary/aromatic N) is 3. The highest BCUT2D eigenvalue weighted by Crippen LogP contribution is 2.20. The SMILES string of the molecule is Cc1ccc(OCC(=O)Nc2nc3ccccc3n2CCN2CCOCC2)cc1. The third-order valence-electron chi connectivity index (χ3n) is 5.04. The van der Waals surface area contributed by atoms with Gasteiger partial charge in [0.15, 0.2) is 6.61 Å². The molecule has 2 heterocycles. The third-order valence-corrected chi connectivity index (χ3v) is 5.04. The van der Waals surface area contributed by atoms with Gasteiger partial charge in [-0.2, -0.15) is 0 Å².